The summed E-state index contributed by atoms with van der Waals surface area (Å²) in [6.45, 7) is 7.01. The molecule has 0 aromatic rings. The van der Waals surface area contributed by atoms with E-state index in [1.54, 1.807) is 13.8 Å². The van der Waals surface area contributed by atoms with Gasteiger partial charge in [0.15, 0.2) is 0 Å². The Kier molecular flexibility index (Phi) is 5.44. The Hall–Kier alpha value is -1.10. The Morgan fingerprint density at radius 3 is 2.25 bits per heavy atom. The van der Waals surface area contributed by atoms with Crippen molar-refractivity contribution in [2.45, 2.75) is 45.7 Å². The molecule has 0 aliphatic carbocycles. The van der Waals surface area contributed by atoms with E-state index in [4.69, 9.17) is 5.73 Å². The summed E-state index contributed by atoms with van der Waals surface area (Å²) in [6.07, 6.45) is 0.769. The monoisotopic (exact) mass is 230 g/mol. The molecule has 0 saturated carbocycles. The minimum atomic E-state index is -1.00. The van der Waals surface area contributed by atoms with Gasteiger partial charge in [0, 0.05) is 0 Å². The Balaban J connectivity index is 4.69. The highest BCUT2D eigenvalue weighted by atomic mass is 16.5. The maximum Gasteiger partial charge on any atom is 0.328 e. The molecule has 0 aromatic heterocycles. The standard InChI is InChI=1S/C11H22N2O3/c1-6-7(2)8(9(14)16-5)13-10(15)11(3,4)12/h7-8H,6,12H2,1-5H3,(H,13,15). The van der Waals surface area contributed by atoms with Crippen molar-refractivity contribution in [2.75, 3.05) is 7.11 Å². The molecule has 2 unspecified atom stereocenters. The highest BCUT2D eigenvalue weighted by Crippen LogP contribution is 2.10. The molecule has 0 fully saturated rings. The van der Waals surface area contributed by atoms with E-state index in [-0.39, 0.29) is 11.8 Å². The van der Waals surface area contributed by atoms with E-state index in [9.17, 15) is 9.59 Å². The van der Waals surface area contributed by atoms with Gasteiger partial charge in [-0.25, -0.2) is 4.79 Å². The first-order valence-electron chi connectivity index (χ1n) is 5.41. The van der Waals surface area contributed by atoms with E-state index in [2.05, 4.69) is 10.1 Å². The van der Waals surface area contributed by atoms with Crippen molar-refractivity contribution >= 4 is 11.9 Å². The molecule has 0 radical (unpaired) electrons. The molecule has 0 aliphatic rings. The Morgan fingerprint density at radius 1 is 1.44 bits per heavy atom. The Morgan fingerprint density at radius 2 is 1.94 bits per heavy atom. The predicted octanol–water partition coefficient (Wildman–Crippen LogP) is 0.428. The van der Waals surface area contributed by atoms with Gasteiger partial charge in [0.1, 0.15) is 6.04 Å². The average molecular weight is 230 g/mol. The molecule has 3 N–H and O–H groups in total. The number of rotatable bonds is 5. The Bertz CT molecular complexity index is 258. The minimum Gasteiger partial charge on any atom is -0.467 e. The van der Waals surface area contributed by atoms with Crippen molar-refractivity contribution in [3.05, 3.63) is 0 Å². The number of carbonyl (C=O) groups excluding carboxylic acids is 2. The first-order valence-corrected chi connectivity index (χ1v) is 5.41. The van der Waals surface area contributed by atoms with E-state index < -0.39 is 17.6 Å². The molecule has 2 atom stereocenters. The number of ether oxygens (including phenoxy) is 1. The molecular formula is C11H22N2O3. The van der Waals surface area contributed by atoms with Crippen LogP contribution in [0.1, 0.15) is 34.1 Å². The summed E-state index contributed by atoms with van der Waals surface area (Å²) in [5, 5.41) is 2.62. The predicted molar refractivity (Wildman–Crippen MR) is 61.7 cm³/mol. The van der Waals surface area contributed by atoms with Gasteiger partial charge < -0.3 is 15.8 Å². The molecule has 0 bridgehead atoms. The summed E-state index contributed by atoms with van der Waals surface area (Å²) in [6, 6.07) is -0.634. The topological polar surface area (TPSA) is 81.4 Å². The van der Waals surface area contributed by atoms with Crippen LogP contribution in [0.15, 0.2) is 0 Å². The number of methoxy groups -OCH3 is 1. The molecule has 0 heterocycles. The van der Waals surface area contributed by atoms with Crippen LogP contribution < -0.4 is 11.1 Å². The van der Waals surface area contributed by atoms with E-state index in [1.165, 1.54) is 7.11 Å². The lowest BCUT2D eigenvalue weighted by Crippen LogP contribution is -2.55. The smallest absolute Gasteiger partial charge is 0.328 e. The fourth-order valence-corrected chi connectivity index (χ4v) is 1.12. The average Bonchev–Trinajstić information content (AvgIpc) is 2.21. The highest BCUT2D eigenvalue weighted by Gasteiger charge is 2.31. The van der Waals surface area contributed by atoms with Crippen molar-refractivity contribution < 1.29 is 14.3 Å². The van der Waals surface area contributed by atoms with Gasteiger partial charge in [0.25, 0.3) is 0 Å². The van der Waals surface area contributed by atoms with E-state index >= 15 is 0 Å². The second-order valence-corrected chi connectivity index (χ2v) is 4.58. The van der Waals surface area contributed by atoms with Crippen molar-refractivity contribution in [2.24, 2.45) is 11.7 Å². The molecule has 1 amide bonds. The van der Waals surface area contributed by atoms with Gasteiger partial charge in [-0.15, -0.1) is 0 Å². The van der Waals surface area contributed by atoms with Crippen LogP contribution in [-0.2, 0) is 14.3 Å². The largest absolute Gasteiger partial charge is 0.467 e. The number of amides is 1. The number of hydrogen-bond acceptors (Lipinski definition) is 4. The number of hydrogen-bond donors (Lipinski definition) is 2. The van der Waals surface area contributed by atoms with Gasteiger partial charge in [-0.1, -0.05) is 20.3 Å². The summed E-state index contributed by atoms with van der Waals surface area (Å²) in [4.78, 5) is 23.2. The second kappa shape index (κ2) is 5.84. The van der Waals surface area contributed by atoms with E-state index in [0.29, 0.717) is 0 Å². The van der Waals surface area contributed by atoms with Crippen LogP contribution in [-0.4, -0.2) is 30.6 Å². The summed E-state index contributed by atoms with van der Waals surface area (Å²) in [7, 11) is 1.30. The highest BCUT2D eigenvalue weighted by molar-refractivity contribution is 5.89. The first kappa shape index (κ1) is 14.9. The summed E-state index contributed by atoms with van der Waals surface area (Å²) in [5.41, 5.74) is 4.65. The van der Waals surface area contributed by atoms with Crippen LogP contribution >= 0.6 is 0 Å². The molecule has 5 nitrogen and oxygen atoms in total. The number of carbonyl (C=O) groups is 2. The van der Waals surface area contributed by atoms with Crippen molar-refractivity contribution in [3.8, 4) is 0 Å². The SMILES string of the molecule is CCC(C)C(NC(=O)C(C)(C)N)C(=O)OC. The van der Waals surface area contributed by atoms with E-state index in [1.807, 2.05) is 13.8 Å². The summed E-state index contributed by atoms with van der Waals surface area (Å²) < 4.78 is 4.65. The normalized spacial score (nSPS) is 15.1. The quantitative estimate of drug-likeness (QED) is 0.671. The van der Waals surface area contributed by atoms with Crippen LogP contribution in [0.3, 0.4) is 0 Å². The fraction of sp³-hybridized carbons (Fsp3) is 0.818. The van der Waals surface area contributed by atoms with Crippen molar-refractivity contribution in [1.82, 2.24) is 5.32 Å². The van der Waals surface area contributed by atoms with Gasteiger partial charge in [-0.05, 0) is 19.8 Å². The summed E-state index contributed by atoms with van der Waals surface area (Å²) in [5.74, 6) is -0.783. The molecule has 5 heteroatoms. The van der Waals surface area contributed by atoms with Crippen LogP contribution in [0.2, 0.25) is 0 Å². The van der Waals surface area contributed by atoms with Gasteiger partial charge in [-0.3, -0.25) is 4.79 Å². The maximum atomic E-state index is 11.7. The lowest BCUT2D eigenvalue weighted by atomic mass is 9.97. The third kappa shape index (κ3) is 4.18. The van der Waals surface area contributed by atoms with Gasteiger partial charge in [0.2, 0.25) is 5.91 Å². The minimum absolute atomic E-state index is 0.0127. The first-order chi connectivity index (χ1) is 7.23. The second-order valence-electron chi connectivity index (χ2n) is 4.58. The number of esters is 1. The summed E-state index contributed by atoms with van der Waals surface area (Å²) >= 11 is 0. The maximum absolute atomic E-state index is 11.7. The van der Waals surface area contributed by atoms with Crippen LogP contribution in [0.4, 0.5) is 0 Å². The van der Waals surface area contributed by atoms with Crippen molar-refractivity contribution in [1.29, 1.82) is 0 Å². The molecule has 0 aromatic carbocycles. The Labute approximate surface area is 96.7 Å². The molecule has 0 rings (SSSR count). The lowest BCUT2D eigenvalue weighted by molar-refractivity contribution is -0.147. The number of nitrogens with one attached hydrogen (secondary N) is 1. The number of nitrogens with two attached hydrogens (primary N) is 1. The zero-order valence-corrected chi connectivity index (χ0v) is 10.7. The van der Waals surface area contributed by atoms with Gasteiger partial charge >= 0.3 is 5.97 Å². The molecule has 0 spiro atoms. The van der Waals surface area contributed by atoms with Gasteiger partial charge in [-0.2, -0.15) is 0 Å². The van der Waals surface area contributed by atoms with Crippen molar-refractivity contribution in [3.63, 3.8) is 0 Å². The van der Waals surface area contributed by atoms with Crippen LogP contribution in [0.5, 0.6) is 0 Å². The van der Waals surface area contributed by atoms with Crippen LogP contribution in [0.25, 0.3) is 0 Å². The van der Waals surface area contributed by atoms with Gasteiger partial charge in [0.05, 0.1) is 12.6 Å². The third-order valence-corrected chi connectivity index (χ3v) is 2.54. The van der Waals surface area contributed by atoms with E-state index in [0.717, 1.165) is 6.42 Å². The molecule has 0 aliphatic heterocycles. The molecule has 94 valence electrons. The molecular weight excluding hydrogens is 208 g/mol. The fourth-order valence-electron chi connectivity index (χ4n) is 1.12. The molecule has 0 saturated heterocycles. The zero-order chi connectivity index (χ0) is 12.9. The van der Waals surface area contributed by atoms with Crippen LogP contribution in [0, 0.1) is 5.92 Å². The third-order valence-electron chi connectivity index (χ3n) is 2.54. The molecule has 16 heavy (non-hydrogen) atoms. The lowest BCUT2D eigenvalue weighted by Gasteiger charge is -2.26. The zero-order valence-electron chi connectivity index (χ0n) is 10.7.